The number of hydrogen-bond acceptors (Lipinski definition) is 4. The molecule has 1 fully saturated rings. The van der Waals surface area contributed by atoms with E-state index in [1.165, 1.54) is 12.1 Å². The molecule has 3 heterocycles. The van der Waals surface area contributed by atoms with Gasteiger partial charge in [-0.25, -0.2) is 0 Å². The van der Waals surface area contributed by atoms with Gasteiger partial charge in [0.2, 0.25) is 12.0 Å². The van der Waals surface area contributed by atoms with Crippen LogP contribution in [0, 0.1) is 5.92 Å². The lowest BCUT2D eigenvalue weighted by Gasteiger charge is -2.36. The summed E-state index contributed by atoms with van der Waals surface area (Å²) in [5, 5.41) is 0. The number of carbonyl (C=O) groups is 2. The van der Waals surface area contributed by atoms with Crippen LogP contribution in [0.5, 0.6) is 0 Å². The van der Waals surface area contributed by atoms with E-state index in [-0.39, 0.29) is 17.7 Å². The van der Waals surface area contributed by atoms with Gasteiger partial charge < -0.3 is 9.47 Å². The van der Waals surface area contributed by atoms with Crippen LogP contribution < -0.4 is 0 Å². The lowest BCUT2D eigenvalue weighted by molar-refractivity contribution is -0.192. The molecule has 24 heavy (non-hydrogen) atoms. The zero-order chi connectivity index (χ0) is 17.1. The summed E-state index contributed by atoms with van der Waals surface area (Å²) < 4.78 is 49.3. The van der Waals surface area contributed by atoms with E-state index in [9.17, 15) is 22.8 Å². The summed E-state index contributed by atoms with van der Waals surface area (Å²) in [5.74, 6) is -2.93. The monoisotopic (exact) mass is 339 g/mol. The molecule has 0 radical (unpaired) electrons. The van der Waals surface area contributed by atoms with Crippen LogP contribution in [0.4, 0.5) is 13.2 Å². The summed E-state index contributed by atoms with van der Waals surface area (Å²) in [6.45, 7) is 0.216. The minimum atomic E-state index is -4.71. The van der Waals surface area contributed by atoms with Gasteiger partial charge in [-0.1, -0.05) is 12.1 Å². The quantitative estimate of drug-likeness (QED) is 0.738. The normalized spacial score (nSPS) is 29.2. The van der Waals surface area contributed by atoms with Gasteiger partial charge in [-0.3, -0.25) is 14.5 Å². The first-order valence-corrected chi connectivity index (χ1v) is 7.42. The largest absolute Gasteiger partial charge is 0.460 e. The Morgan fingerprint density at radius 3 is 2.29 bits per heavy atom. The maximum atomic E-state index is 13.1. The zero-order valence-electron chi connectivity index (χ0n) is 12.2. The number of alkyl halides is 3. The highest BCUT2D eigenvalue weighted by Crippen LogP contribution is 2.41. The summed E-state index contributed by atoms with van der Waals surface area (Å²) in [7, 11) is 0. The van der Waals surface area contributed by atoms with Crippen molar-refractivity contribution in [2.45, 2.75) is 24.9 Å². The molecule has 0 saturated carbocycles. The first kappa shape index (κ1) is 15.2. The van der Waals surface area contributed by atoms with Crippen molar-refractivity contribution in [3.63, 3.8) is 0 Å². The Bertz CT molecular complexity index is 723. The van der Waals surface area contributed by atoms with E-state index in [1.807, 2.05) is 0 Å². The number of ether oxygens (including phenoxy) is 2. The number of benzene rings is 1. The van der Waals surface area contributed by atoms with Crippen LogP contribution in [0.25, 0.3) is 0 Å². The SMILES string of the molecule is O=C1c2ccccc2C(=O)N1[C@@H]1C=C(C(F)(F)F)O[C@H]2OCC[C@H]21. The van der Waals surface area contributed by atoms with Gasteiger partial charge in [0.15, 0.2) is 0 Å². The van der Waals surface area contributed by atoms with Crippen molar-refractivity contribution in [1.82, 2.24) is 4.90 Å². The number of carbonyl (C=O) groups excluding carboxylic acids is 2. The predicted molar refractivity (Wildman–Crippen MR) is 73.8 cm³/mol. The van der Waals surface area contributed by atoms with E-state index in [4.69, 9.17) is 9.47 Å². The number of rotatable bonds is 1. The minimum Gasteiger partial charge on any atom is -0.460 e. The molecule has 3 atom stereocenters. The van der Waals surface area contributed by atoms with E-state index in [1.54, 1.807) is 12.1 Å². The van der Waals surface area contributed by atoms with Crippen molar-refractivity contribution in [2.75, 3.05) is 6.61 Å². The number of hydrogen-bond donors (Lipinski definition) is 0. The molecule has 2 amide bonds. The van der Waals surface area contributed by atoms with Gasteiger partial charge in [0, 0.05) is 5.92 Å². The fourth-order valence-corrected chi connectivity index (χ4v) is 3.38. The summed E-state index contributed by atoms with van der Waals surface area (Å²) in [6, 6.07) is 5.15. The van der Waals surface area contributed by atoms with Gasteiger partial charge >= 0.3 is 6.18 Å². The van der Waals surface area contributed by atoms with Crippen molar-refractivity contribution in [3.05, 3.63) is 47.2 Å². The van der Waals surface area contributed by atoms with Crippen LogP contribution in [0.2, 0.25) is 0 Å². The Balaban J connectivity index is 1.77. The highest BCUT2D eigenvalue weighted by molar-refractivity contribution is 6.21. The van der Waals surface area contributed by atoms with Gasteiger partial charge in [-0.15, -0.1) is 0 Å². The summed E-state index contributed by atoms with van der Waals surface area (Å²) in [6.07, 6.45) is -4.60. The van der Waals surface area contributed by atoms with Gasteiger partial charge in [-0.2, -0.15) is 13.2 Å². The number of amides is 2. The number of allylic oxidation sites excluding steroid dienone is 1. The molecule has 3 aliphatic rings. The molecule has 8 heteroatoms. The molecule has 1 saturated heterocycles. The van der Waals surface area contributed by atoms with Gasteiger partial charge in [0.25, 0.3) is 11.8 Å². The lowest BCUT2D eigenvalue weighted by Crippen LogP contribution is -2.49. The molecule has 126 valence electrons. The number of halogens is 3. The lowest BCUT2D eigenvalue weighted by atomic mass is 9.93. The Labute approximate surface area is 134 Å². The van der Waals surface area contributed by atoms with E-state index in [0.717, 1.165) is 11.0 Å². The van der Waals surface area contributed by atoms with Crippen molar-refractivity contribution >= 4 is 11.8 Å². The van der Waals surface area contributed by atoms with Crippen molar-refractivity contribution < 1.29 is 32.2 Å². The summed E-state index contributed by atoms with van der Waals surface area (Å²) >= 11 is 0. The molecule has 0 spiro atoms. The van der Waals surface area contributed by atoms with Crippen LogP contribution in [-0.4, -0.2) is 41.8 Å². The van der Waals surface area contributed by atoms with Crippen LogP contribution in [0.3, 0.4) is 0 Å². The molecule has 0 aliphatic carbocycles. The molecule has 1 aromatic rings. The molecule has 5 nitrogen and oxygen atoms in total. The van der Waals surface area contributed by atoms with Crippen LogP contribution >= 0.6 is 0 Å². The third kappa shape index (κ3) is 2.13. The van der Waals surface area contributed by atoms with Crippen molar-refractivity contribution in [1.29, 1.82) is 0 Å². The highest BCUT2D eigenvalue weighted by Gasteiger charge is 2.52. The Morgan fingerprint density at radius 2 is 1.71 bits per heavy atom. The molecule has 0 aromatic heterocycles. The van der Waals surface area contributed by atoms with E-state index in [0.29, 0.717) is 6.42 Å². The molecule has 0 N–H and O–H groups in total. The molecule has 4 rings (SSSR count). The third-order valence-electron chi connectivity index (χ3n) is 4.49. The number of imide groups is 1. The molecule has 1 aromatic carbocycles. The molecule has 0 unspecified atom stereocenters. The van der Waals surface area contributed by atoms with Crippen molar-refractivity contribution in [2.24, 2.45) is 5.92 Å². The molecular formula is C16H12F3NO4. The standard InChI is InChI=1S/C16H12F3NO4/c17-16(18,19)12-7-11(10-5-6-23-15(10)24-12)20-13(21)8-3-1-2-4-9(8)14(20)22/h1-4,7,10-11,15H,5-6H2/t10-,11+,15+/m0/s1. The first-order valence-electron chi connectivity index (χ1n) is 7.42. The summed E-state index contributed by atoms with van der Waals surface area (Å²) in [5.41, 5.74) is 0.401. The third-order valence-corrected chi connectivity index (χ3v) is 4.49. The van der Waals surface area contributed by atoms with Gasteiger partial charge in [0.1, 0.15) is 0 Å². The van der Waals surface area contributed by atoms with Crippen molar-refractivity contribution in [3.8, 4) is 0 Å². The Morgan fingerprint density at radius 1 is 1.08 bits per heavy atom. The van der Waals surface area contributed by atoms with E-state index in [2.05, 4.69) is 0 Å². The van der Waals surface area contributed by atoms with Crippen LogP contribution in [0.1, 0.15) is 27.1 Å². The second-order valence-electron chi connectivity index (χ2n) is 5.85. The maximum Gasteiger partial charge on any atom is 0.448 e. The topological polar surface area (TPSA) is 55.8 Å². The fourth-order valence-electron chi connectivity index (χ4n) is 3.38. The minimum absolute atomic E-state index is 0.200. The predicted octanol–water partition coefficient (Wildman–Crippen LogP) is 2.49. The van der Waals surface area contributed by atoms with Crippen LogP contribution in [0.15, 0.2) is 36.1 Å². The summed E-state index contributed by atoms with van der Waals surface area (Å²) in [4.78, 5) is 26.0. The fraction of sp³-hybridized carbons (Fsp3) is 0.375. The average molecular weight is 339 g/mol. The van der Waals surface area contributed by atoms with Crippen LogP contribution in [-0.2, 0) is 9.47 Å². The molecule has 0 bridgehead atoms. The number of fused-ring (bicyclic) bond motifs is 2. The number of nitrogens with zero attached hydrogens (tertiary/aromatic N) is 1. The maximum absolute atomic E-state index is 13.1. The van der Waals surface area contributed by atoms with Gasteiger partial charge in [-0.05, 0) is 24.6 Å². The van der Waals surface area contributed by atoms with E-state index >= 15 is 0 Å². The Kier molecular flexibility index (Phi) is 3.21. The smallest absolute Gasteiger partial charge is 0.448 e. The van der Waals surface area contributed by atoms with E-state index < -0.39 is 42.0 Å². The molecule has 3 aliphatic heterocycles. The first-order chi connectivity index (χ1) is 11.4. The zero-order valence-corrected chi connectivity index (χ0v) is 12.2. The average Bonchev–Trinajstić information content (AvgIpc) is 3.10. The molecular weight excluding hydrogens is 327 g/mol. The Hall–Kier alpha value is -2.35. The second kappa shape index (κ2) is 5.07. The highest BCUT2D eigenvalue weighted by atomic mass is 19.4. The van der Waals surface area contributed by atoms with Gasteiger partial charge in [0.05, 0.1) is 23.8 Å². The second-order valence-corrected chi connectivity index (χ2v) is 5.85.